The molecule has 0 spiro atoms. The molecular weight excluding hydrogens is 379 g/mol. The number of halogens is 1. The lowest BCUT2D eigenvalue weighted by atomic mass is 10.1. The van der Waals surface area contributed by atoms with E-state index >= 15 is 0 Å². The summed E-state index contributed by atoms with van der Waals surface area (Å²) in [6.07, 6.45) is 0. The molecule has 29 heavy (non-hydrogen) atoms. The number of anilines is 1. The number of esters is 1. The molecule has 3 amide bonds. The van der Waals surface area contributed by atoms with Gasteiger partial charge in [0.05, 0.1) is 11.1 Å². The minimum absolute atomic E-state index is 0.224. The molecule has 1 aliphatic rings. The third-order valence-corrected chi connectivity index (χ3v) is 4.65. The first-order valence-corrected chi connectivity index (χ1v) is 9.04. The third kappa shape index (κ3) is 3.87. The maximum atomic E-state index is 13.1. The maximum Gasteiger partial charge on any atom is 0.329 e. The van der Waals surface area contributed by atoms with E-state index < -0.39 is 42.2 Å². The second-order valence-corrected chi connectivity index (χ2v) is 6.42. The molecule has 2 aromatic carbocycles. The fourth-order valence-electron chi connectivity index (χ4n) is 3.12. The van der Waals surface area contributed by atoms with Crippen molar-refractivity contribution in [3.05, 3.63) is 65.5 Å². The van der Waals surface area contributed by atoms with Crippen molar-refractivity contribution in [3.63, 3.8) is 0 Å². The van der Waals surface area contributed by atoms with Gasteiger partial charge in [0, 0.05) is 12.2 Å². The second kappa shape index (κ2) is 8.22. The molecule has 0 N–H and O–H groups in total. The van der Waals surface area contributed by atoms with Crippen LogP contribution in [0.4, 0.5) is 10.1 Å². The number of carbonyl (C=O) groups is 4. The van der Waals surface area contributed by atoms with Crippen LogP contribution in [-0.4, -0.2) is 47.8 Å². The molecule has 150 valence electrons. The Balaban J connectivity index is 1.64. The highest BCUT2D eigenvalue weighted by molar-refractivity contribution is 6.22. The Bertz CT molecular complexity index is 938. The highest BCUT2D eigenvalue weighted by Crippen LogP contribution is 2.24. The normalized spacial score (nSPS) is 13.8. The van der Waals surface area contributed by atoms with Gasteiger partial charge in [-0.3, -0.25) is 19.3 Å². The van der Waals surface area contributed by atoms with Gasteiger partial charge in [-0.05, 0) is 50.2 Å². The largest absolute Gasteiger partial charge is 0.454 e. The molecule has 2 aromatic rings. The van der Waals surface area contributed by atoms with Gasteiger partial charge in [0.1, 0.15) is 11.9 Å². The molecule has 0 saturated heterocycles. The Hall–Kier alpha value is -3.55. The number of ether oxygens (including phenoxy) is 1. The van der Waals surface area contributed by atoms with Gasteiger partial charge in [-0.15, -0.1) is 0 Å². The molecular formula is C21H19FN2O5. The number of likely N-dealkylation sites (N-methyl/N-ethyl adjacent to an activating group) is 1. The predicted molar refractivity (Wildman–Crippen MR) is 102 cm³/mol. The Morgan fingerprint density at radius 1 is 1.03 bits per heavy atom. The van der Waals surface area contributed by atoms with Crippen LogP contribution >= 0.6 is 0 Å². The van der Waals surface area contributed by atoms with Gasteiger partial charge in [0.2, 0.25) is 0 Å². The summed E-state index contributed by atoms with van der Waals surface area (Å²) >= 11 is 0. The van der Waals surface area contributed by atoms with Crippen molar-refractivity contribution in [2.75, 3.05) is 18.1 Å². The standard InChI is InChI=1S/C21H19FN2O5/c1-3-23(15-10-8-14(22)9-11-15)18(25)12-29-21(28)13(2)24-19(26)16-6-4-5-7-17(16)20(24)27/h4-11,13H,3,12H2,1-2H3/t13-/m1/s1. The van der Waals surface area contributed by atoms with E-state index in [0.717, 1.165) is 4.90 Å². The zero-order valence-corrected chi connectivity index (χ0v) is 15.9. The molecule has 7 nitrogen and oxygen atoms in total. The number of fused-ring (bicyclic) bond motifs is 1. The van der Waals surface area contributed by atoms with E-state index in [1.165, 1.54) is 48.2 Å². The van der Waals surface area contributed by atoms with E-state index in [1.54, 1.807) is 19.1 Å². The molecule has 8 heteroatoms. The van der Waals surface area contributed by atoms with E-state index in [0.29, 0.717) is 5.69 Å². The Morgan fingerprint density at radius 3 is 2.10 bits per heavy atom. The quantitative estimate of drug-likeness (QED) is 0.551. The summed E-state index contributed by atoms with van der Waals surface area (Å²) in [5.41, 5.74) is 0.909. The van der Waals surface area contributed by atoms with E-state index in [2.05, 4.69) is 0 Å². The Labute approximate surface area is 166 Å². The van der Waals surface area contributed by atoms with Crippen LogP contribution in [-0.2, 0) is 14.3 Å². The summed E-state index contributed by atoms with van der Waals surface area (Å²) < 4.78 is 18.1. The third-order valence-electron chi connectivity index (χ3n) is 4.65. The molecule has 0 saturated carbocycles. The fraction of sp³-hybridized carbons (Fsp3) is 0.238. The SMILES string of the molecule is CCN(C(=O)COC(=O)[C@@H](C)N1C(=O)c2ccccc2C1=O)c1ccc(F)cc1. The van der Waals surface area contributed by atoms with Crippen LogP contribution in [0.3, 0.4) is 0 Å². The first kappa shape index (κ1) is 20.2. The molecule has 1 atom stereocenters. The topological polar surface area (TPSA) is 84.0 Å². The van der Waals surface area contributed by atoms with Gasteiger partial charge in [-0.1, -0.05) is 12.1 Å². The molecule has 0 unspecified atom stereocenters. The second-order valence-electron chi connectivity index (χ2n) is 6.42. The average molecular weight is 398 g/mol. The van der Waals surface area contributed by atoms with E-state index in [1.807, 2.05) is 0 Å². The molecule has 0 radical (unpaired) electrons. The van der Waals surface area contributed by atoms with Crippen molar-refractivity contribution in [1.29, 1.82) is 0 Å². The van der Waals surface area contributed by atoms with Crippen molar-refractivity contribution in [1.82, 2.24) is 4.90 Å². The maximum absolute atomic E-state index is 13.1. The van der Waals surface area contributed by atoms with Crippen molar-refractivity contribution in [2.24, 2.45) is 0 Å². The van der Waals surface area contributed by atoms with Crippen molar-refractivity contribution in [3.8, 4) is 0 Å². The van der Waals surface area contributed by atoms with Crippen LogP contribution in [0.5, 0.6) is 0 Å². The van der Waals surface area contributed by atoms with Gasteiger partial charge >= 0.3 is 5.97 Å². The van der Waals surface area contributed by atoms with E-state index in [-0.39, 0.29) is 17.7 Å². The van der Waals surface area contributed by atoms with Crippen LogP contribution in [0.1, 0.15) is 34.6 Å². The monoisotopic (exact) mass is 398 g/mol. The summed E-state index contributed by atoms with van der Waals surface area (Å²) in [6, 6.07) is 10.4. The number of hydrogen-bond acceptors (Lipinski definition) is 5. The van der Waals surface area contributed by atoms with Crippen molar-refractivity contribution >= 4 is 29.4 Å². The van der Waals surface area contributed by atoms with Gasteiger partial charge in [-0.2, -0.15) is 0 Å². The molecule has 1 aliphatic heterocycles. The van der Waals surface area contributed by atoms with E-state index in [4.69, 9.17) is 4.74 Å². The zero-order valence-electron chi connectivity index (χ0n) is 15.9. The highest BCUT2D eigenvalue weighted by Gasteiger charge is 2.41. The Morgan fingerprint density at radius 2 is 1.59 bits per heavy atom. The summed E-state index contributed by atoms with van der Waals surface area (Å²) in [5, 5.41) is 0. The van der Waals surface area contributed by atoms with Crippen LogP contribution < -0.4 is 4.90 Å². The number of amides is 3. The molecule has 3 rings (SSSR count). The number of carbonyl (C=O) groups excluding carboxylic acids is 4. The molecule has 0 fully saturated rings. The predicted octanol–water partition coefficient (Wildman–Crippen LogP) is 2.41. The van der Waals surface area contributed by atoms with Crippen LogP contribution in [0.2, 0.25) is 0 Å². The number of benzene rings is 2. The lowest BCUT2D eigenvalue weighted by Crippen LogP contribution is -2.44. The fourth-order valence-corrected chi connectivity index (χ4v) is 3.12. The number of imide groups is 1. The minimum atomic E-state index is -1.18. The van der Waals surface area contributed by atoms with Gasteiger partial charge < -0.3 is 9.64 Å². The highest BCUT2D eigenvalue weighted by atomic mass is 19.1. The van der Waals surface area contributed by atoms with Crippen molar-refractivity contribution < 1.29 is 28.3 Å². The summed E-state index contributed by atoms with van der Waals surface area (Å²) in [6.45, 7) is 2.81. The summed E-state index contributed by atoms with van der Waals surface area (Å²) in [7, 11) is 0. The molecule has 0 aliphatic carbocycles. The molecule has 1 heterocycles. The van der Waals surface area contributed by atoms with E-state index in [9.17, 15) is 23.6 Å². The lowest BCUT2D eigenvalue weighted by Gasteiger charge is -2.23. The first-order valence-electron chi connectivity index (χ1n) is 9.04. The zero-order chi connectivity index (χ0) is 21.1. The minimum Gasteiger partial charge on any atom is -0.454 e. The van der Waals surface area contributed by atoms with Crippen LogP contribution in [0.25, 0.3) is 0 Å². The van der Waals surface area contributed by atoms with Gasteiger partial charge in [0.25, 0.3) is 17.7 Å². The molecule has 0 bridgehead atoms. The lowest BCUT2D eigenvalue weighted by molar-refractivity contribution is -0.151. The number of rotatable bonds is 6. The van der Waals surface area contributed by atoms with Crippen LogP contribution in [0, 0.1) is 5.82 Å². The Kier molecular flexibility index (Phi) is 5.72. The number of hydrogen-bond donors (Lipinski definition) is 0. The molecule has 0 aromatic heterocycles. The summed E-state index contributed by atoms with van der Waals surface area (Å²) in [5.74, 6) is -2.98. The first-order chi connectivity index (χ1) is 13.8. The van der Waals surface area contributed by atoms with Crippen molar-refractivity contribution in [2.45, 2.75) is 19.9 Å². The average Bonchev–Trinajstić information content (AvgIpc) is 2.98. The number of nitrogens with zero attached hydrogens (tertiary/aromatic N) is 2. The summed E-state index contributed by atoms with van der Waals surface area (Å²) in [4.78, 5) is 51.9. The van der Waals surface area contributed by atoms with Gasteiger partial charge in [-0.25, -0.2) is 9.18 Å². The smallest absolute Gasteiger partial charge is 0.329 e. The van der Waals surface area contributed by atoms with Gasteiger partial charge in [0.15, 0.2) is 6.61 Å². The van der Waals surface area contributed by atoms with Crippen LogP contribution in [0.15, 0.2) is 48.5 Å².